The summed E-state index contributed by atoms with van der Waals surface area (Å²) >= 11 is 0. The van der Waals surface area contributed by atoms with Crippen LogP contribution in [0, 0.1) is 5.21 Å². The molecule has 0 saturated heterocycles. The van der Waals surface area contributed by atoms with Crippen molar-refractivity contribution in [2.75, 3.05) is 0 Å². The molecule has 5 heteroatoms. The van der Waals surface area contributed by atoms with Gasteiger partial charge in [-0.2, -0.15) is 0 Å². The lowest BCUT2D eigenvalue weighted by atomic mass is 10.3. The summed E-state index contributed by atoms with van der Waals surface area (Å²) in [6, 6.07) is 9.27. The number of rotatable bonds is 3. The van der Waals surface area contributed by atoms with Crippen LogP contribution < -0.4 is 9.58 Å². The third kappa shape index (κ3) is 2.01. The molecule has 0 fully saturated rings. The maximum atomic E-state index is 10.6. The Morgan fingerprint density at radius 2 is 2.14 bits per heavy atom. The van der Waals surface area contributed by atoms with Crippen LogP contribution in [0.4, 0.5) is 0 Å². The lowest BCUT2D eigenvalue weighted by Crippen LogP contribution is -2.25. The highest BCUT2D eigenvalue weighted by molar-refractivity contribution is 5.20. The Bertz CT molecular complexity index is 399. The predicted molar refractivity (Wildman–Crippen MR) is 46.2 cm³/mol. The van der Waals surface area contributed by atoms with Gasteiger partial charge < -0.3 is 14.5 Å². The highest BCUT2D eigenvalue weighted by atomic mass is 16.6. The van der Waals surface area contributed by atoms with Gasteiger partial charge in [-0.3, -0.25) is 0 Å². The summed E-state index contributed by atoms with van der Waals surface area (Å²) in [4.78, 5) is 0.351. The highest BCUT2D eigenvalue weighted by Gasteiger charge is 2.05. The van der Waals surface area contributed by atoms with Gasteiger partial charge >= 0.3 is 0 Å². The first-order valence-electron chi connectivity index (χ1n) is 4.07. The lowest BCUT2D eigenvalue weighted by Gasteiger charge is -2.00. The first-order chi connectivity index (χ1) is 6.84. The molecule has 0 amide bonds. The average Bonchev–Trinajstić information content (AvgIpc) is 2.63. The minimum Gasteiger partial charge on any atom is -0.592 e. The van der Waals surface area contributed by atoms with E-state index in [9.17, 15) is 5.21 Å². The van der Waals surface area contributed by atoms with E-state index in [-0.39, 0.29) is 6.61 Å². The number of para-hydroxylation sites is 1. The average molecular weight is 192 g/mol. The van der Waals surface area contributed by atoms with Gasteiger partial charge in [-0.05, 0) is 17.0 Å². The summed E-state index contributed by atoms with van der Waals surface area (Å²) < 4.78 is 9.98. The Morgan fingerprint density at radius 3 is 2.79 bits per heavy atom. The molecule has 1 aromatic heterocycles. The number of aromatic nitrogens is 2. The van der Waals surface area contributed by atoms with E-state index >= 15 is 0 Å². The van der Waals surface area contributed by atoms with Crippen LogP contribution in [0.15, 0.2) is 41.1 Å². The van der Waals surface area contributed by atoms with Gasteiger partial charge in [0.1, 0.15) is 5.75 Å². The highest BCUT2D eigenvalue weighted by Crippen LogP contribution is 2.10. The van der Waals surface area contributed by atoms with E-state index in [0.717, 1.165) is 5.75 Å². The van der Waals surface area contributed by atoms with Crippen molar-refractivity contribution in [3.8, 4) is 5.75 Å². The minimum atomic E-state index is 0.201. The van der Waals surface area contributed by atoms with E-state index in [1.165, 1.54) is 6.20 Å². The second-order valence-corrected chi connectivity index (χ2v) is 2.67. The van der Waals surface area contributed by atoms with Gasteiger partial charge in [0, 0.05) is 0 Å². The Morgan fingerprint density at radius 1 is 1.36 bits per heavy atom. The van der Waals surface area contributed by atoms with Crippen LogP contribution >= 0.6 is 0 Å². The number of ether oxygens (including phenoxy) is 1. The van der Waals surface area contributed by atoms with E-state index in [4.69, 9.17) is 4.74 Å². The maximum Gasteiger partial charge on any atom is 0.257 e. The minimum absolute atomic E-state index is 0.201. The van der Waals surface area contributed by atoms with E-state index in [1.807, 2.05) is 30.3 Å². The Hall–Kier alpha value is -2.04. The van der Waals surface area contributed by atoms with E-state index in [0.29, 0.717) is 10.6 Å². The predicted octanol–water partition coefficient (Wildman–Crippen LogP) is 0.887. The largest absolute Gasteiger partial charge is 0.592 e. The van der Waals surface area contributed by atoms with Crippen molar-refractivity contribution in [2.24, 2.45) is 0 Å². The molecule has 1 heterocycles. The topological polar surface area (TPSA) is 62.2 Å². The lowest BCUT2D eigenvalue weighted by molar-refractivity contribution is -0.679. The molecule has 72 valence electrons. The quantitative estimate of drug-likeness (QED) is 0.535. The van der Waals surface area contributed by atoms with Gasteiger partial charge in [-0.15, -0.1) is 0 Å². The fourth-order valence-corrected chi connectivity index (χ4v) is 0.998. The number of hydrogen-bond acceptors (Lipinski definition) is 4. The molecule has 2 rings (SSSR count). The molecular formula is C9H8N2O3. The molecule has 0 aliphatic rings. The maximum absolute atomic E-state index is 10.6. The SMILES string of the molecule is [O-][n+]1cc(COc2ccccc2)on1. The number of benzene rings is 1. The van der Waals surface area contributed by atoms with Crippen LogP contribution in [0.1, 0.15) is 5.76 Å². The van der Waals surface area contributed by atoms with Gasteiger partial charge in [-0.25, -0.2) is 0 Å². The van der Waals surface area contributed by atoms with Crippen molar-refractivity contribution in [3.05, 3.63) is 47.5 Å². The standard InChI is InChI=1S/C9H8N2O3/c12-11-6-9(14-10-11)7-13-8-4-2-1-3-5-8/h1-6H,7H2. The van der Waals surface area contributed by atoms with Gasteiger partial charge in [0.15, 0.2) is 6.61 Å². The first-order valence-corrected chi connectivity index (χ1v) is 4.07. The van der Waals surface area contributed by atoms with Crippen LogP contribution in [-0.2, 0) is 6.61 Å². The van der Waals surface area contributed by atoms with Crippen LogP contribution in [0.25, 0.3) is 0 Å². The summed E-state index contributed by atoms with van der Waals surface area (Å²) in [5, 5.41) is 13.7. The molecule has 0 bridgehead atoms. The van der Waals surface area contributed by atoms with E-state index in [1.54, 1.807) is 0 Å². The molecule has 5 nitrogen and oxygen atoms in total. The molecule has 1 aromatic carbocycles. The zero-order chi connectivity index (χ0) is 9.80. The number of hydrogen-bond donors (Lipinski definition) is 0. The molecular weight excluding hydrogens is 184 g/mol. The molecule has 0 atom stereocenters. The van der Waals surface area contributed by atoms with Gasteiger partial charge in [-0.1, -0.05) is 18.2 Å². The fraction of sp³-hybridized carbons (Fsp3) is 0.111. The fourth-order valence-electron chi connectivity index (χ4n) is 0.998. The normalized spacial score (nSPS) is 10.0. The van der Waals surface area contributed by atoms with E-state index in [2.05, 4.69) is 9.79 Å². The second kappa shape index (κ2) is 3.78. The zero-order valence-corrected chi connectivity index (χ0v) is 7.29. The van der Waals surface area contributed by atoms with Crippen LogP contribution in [0.2, 0.25) is 0 Å². The monoisotopic (exact) mass is 192 g/mol. The van der Waals surface area contributed by atoms with Crippen molar-refractivity contribution in [1.29, 1.82) is 0 Å². The number of nitrogens with zero attached hydrogens (tertiary/aromatic N) is 2. The van der Waals surface area contributed by atoms with Crippen LogP contribution in [0.5, 0.6) is 5.75 Å². The molecule has 14 heavy (non-hydrogen) atoms. The van der Waals surface area contributed by atoms with Crippen molar-refractivity contribution >= 4 is 0 Å². The molecule has 0 radical (unpaired) electrons. The molecule has 2 aromatic rings. The molecule has 0 aliphatic heterocycles. The molecule has 0 N–H and O–H groups in total. The summed E-state index contributed by atoms with van der Waals surface area (Å²) in [6.07, 6.45) is 1.23. The molecule has 0 aliphatic carbocycles. The summed E-state index contributed by atoms with van der Waals surface area (Å²) in [6.45, 7) is 0.201. The smallest absolute Gasteiger partial charge is 0.257 e. The van der Waals surface area contributed by atoms with Crippen molar-refractivity contribution < 1.29 is 14.1 Å². The second-order valence-electron chi connectivity index (χ2n) is 2.67. The van der Waals surface area contributed by atoms with E-state index < -0.39 is 0 Å². The Balaban J connectivity index is 1.95. The zero-order valence-electron chi connectivity index (χ0n) is 7.29. The van der Waals surface area contributed by atoms with Crippen LogP contribution in [0.3, 0.4) is 0 Å². The summed E-state index contributed by atoms with van der Waals surface area (Å²) in [7, 11) is 0. The summed E-state index contributed by atoms with van der Waals surface area (Å²) in [5.74, 6) is 1.12. The van der Waals surface area contributed by atoms with Gasteiger partial charge in [0.2, 0.25) is 11.0 Å². The third-order valence-corrected chi connectivity index (χ3v) is 1.62. The third-order valence-electron chi connectivity index (χ3n) is 1.62. The van der Waals surface area contributed by atoms with Gasteiger partial charge in [0.25, 0.3) is 6.20 Å². The van der Waals surface area contributed by atoms with Gasteiger partial charge in [0.05, 0.1) is 0 Å². The first kappa shape index (κ1) is 8.55. The molecule has 0 spiro atoms. The van der Waals surface area contributed by atoms with Crippen molar-refractivity contribution in [1.82, 2.24) is 5.27 Å². The molecule has 0 unspecified atom stereocenters. The molecule has 0 saturated carbocycles. The Kier molecular flexibility index (Phi) is 2.31. The Labute approximate surface area is 80.1 Å². The van der Waals surface area contributed by atoms with Crippen molar-refractivity contribution in [3.63, 3.8) is 0 Å². The van der Waals surface area contributed by atoms with Crippen LogP contribution in [-0.4, -0.2) is 5.27 Å². The van der Waals surface area contributed by atoms with Crippen molar-refractivity contribution in [2.45, 2.75) is 6.61 Å². The summed E-state index contributed by atoms with van der Waals surface area (Å²) in [5.41, 5.74) is 0.